The molecule has 9 heteroatoms. The Morgan fingerprint density at radius 2 is 1.97 bits per heavy atom. The molecule has 39 heavy (non-hydrogen) atoms. The van der Waals surface area contributed by atoms with Gasteiger partial charge in [-0.15, -0.1) is 5.10 Å². The van der Waals surface area contributed by atoms with Gasteiger partial charge in [-0.25, -0.2) is 9.48 Å². The first-order chi connectivity index (χ1) is 19.0. The maximum atomic E-state index is 13.7. The Labute approximate surface area is 239 Å². The number of hydrogen-bond acceptors (Lipinski definition) is 7. The Morgan fingerprint density at radius 1 is 1.15 bits per heavy atom. The van der Waals surface area contributed by atoms with E-state index < -0.39 is 6.04 Å². The maximum Gasteiger partial charge on any atom is 0.338 e. The first kappa shape index (κ1) is 27.6. The van der Waals surface area contributed by atoms with Crippen LogP contribution in [0.25, 0.3) is 0 Å². The van der Waals surface area contributed by atoms with Crippen LogP contribution in [0.15, 0.2) is 65.0 Å². The quantitative estimate of drug-likeness (QED) is 0.154. The molecular weight excluding hydrogens is 532 g/mol. The molecule has 3 aromatic rings. The van der Waals surface area contributed by atoms with Crippen LogP contribution >= 0.6 is 23.4 Å². The zero-order valence-corrected chi connectivity index (χ0v) is 24.1. The van der Waals surface area contributed by atoms with Crippen LogP contribution in [0.3, 0.4) is 0 Å². The van der Waals surface area contributed by atoms with Gasteiger partial charge in [-0.1, -0.05) is 73.5 Å². The summed E-state index contributed by atoms with van der Waals surface area (Å²) in [4.78, 5) is 18.4. The van der Waals surface area contributed by atoms with E-state index >= 15 is 0 Å². The van der Waals surface area contributed by atoms with Crippen molar-refractivity contribution >= 4 is 35.3 Å². The smallest absolute Gasteiger partial charge is 0.338 e. The van der Waals surface area contributed by atoms with Crippen molar-refractivity contribution in [1.82, 2.24) is 14.8 Å². The van der Waals surface area contributed by atoms with Gasteiger partial charge in [0.15, 0.2) is 0 Å². The molecule has 0 spiro atoms. The third-order valence-corrected chi connectivity index (χ3v) is 8.39. The van der Waals surface area contributed by atoms with Gasteiger partial charge in [0.05, 0.1) is 12.2 Å². The molecule has 1 aromatic heterocycles. The SMILES string of the molecule is CCCCOc1cccc(C2C(C(=O)OC3CCCCC3)=C(C)Nc3nc(SCc4ccccc4Cl)nn32)c1. The Bertz CT molecular complexity index is 1340. The lowest BCUT2D eigenvalue weighted by Gasteiger charge is -2.30. The van der Waals surface area contributed by atoms with Crippen molar-refractivity contribution in [3.05, 3.63) is 76.0 Å². The van der Waals surface area contributed by atoms with E-state index in [1.807, 2.05) is 55.5 Å². The fourth-order valence-electron chi connectivity index (χ4n) is 5.03. The zero-order chi connectivity index (χ0) is 27.2. The van der Waals surface area contributed by atoms with Gasteiger partial charge in [0.25, 0.3) is 0 Å². The molecule has 5 rings (SSSR count). The van der Waals surface area contributed by atoms with Crippen LogP contribution in [0.1, 0.15) is 76.0 Å². The highest BCUT2D eigenvalue weighted by molar-refractivity contribution is 7.98. The van der Waals surface area contributed by atoms with Crippen molar-refractivity contribution in [1.29, 1.82) is 0 Å². The van der Waals surface area contributed by atoms with Crippen LogP contribution in [0.5, 0.6) is 5.75 Å². The van der Waals surface area contributed by atoms with Crippen LogP contribution in [0.2, 0.25) is 5.02 Å². The minimum atomic E-state index is -0.491. The number of carbonyl (C=O) groups is 1. The molecule has 2 aliphatic rings. The Kier molecular flexibility index (Phi) is 9.14. The van der Waals surface area contributed by atoms with E-state index in [1.54, 1.807) is 4.68 Å². The standard InChI is InChI=1S/C30H35ClN4O3S/c1-3-4-17-37-24-15-10-12-21(18-24)27-26(28(36)38-23-13-6-5-7-14-23)20(2)32-29-33-30(34-35(27)29)39-19-22-11-8-9-16-25(22)31/h8-12,15-16,18,23,27H,3-7,13-14,17,19H2,1-2H3,(H,32,33,34). The minimum Gasteiger partial charge on any atom is -0.494 e. The van der Waals surface area contributed by atoms with Crippen LogP contribution in [-0.4, -0.2) is 33.4 Å². The molecule has 1 saturated carbocycles. The number of hydrogen-bond donors (Lipinski definition) is 1. The largest absolute Gasteiger partial charge is 0.494 e. The van der Waals surface area contributed by atoms with E-state index in [1.165, 1.54) is 18.2 Å². The van der Waals surface area contributed by atoms with Crippen LogP contribution in [-0.2, 0) is 15.3 Å². The zero-order valence-electron chi connectivity index (χ0n) is 22.5. The molecule has 7 nitrogen and oxygen atoms in total. The monoisotopic (exact) mass is 566 g/mol. The predicted molar refractivity (Wildman–Crippen MR) is 155 cm³/mol. The lowest BCUT2D eigenvalue weighted by Crippen LogP contribution is -2.32. The number of anilines is 1. The lowest BCUT2D eigenvalue weighted by molar-refractivity contribution is -0.146. The highest BCUT2D eigenvalue weighted by Crippen LogP contribution is 2.39. The van der Waals surface area contributed by atoms with E-state index in [0.717, 1.165) is 66.1 Å². The number of halogens is 1. The molecule has 2 aromatic carbocycles. The van der Waals surface area contributed by atoms with Crippen molar-refractivity contribution in [2.45, 2.75) is 81.8 Å². The van der Waals surface area contributed by atoms with E-state index in [2.05, 4.69) is 12.2 Å². The number of benzene rings is 2. The molecule has 1 aliphatic heterocycles. The Balaban J connectivity index is 1.46. The number of nitrogens with one attached hydrogen (secondary N) is 1. The number of carbonyl (C=O) groups excluding carboxylic acids is 1. The number of esters is 1. The highest BCUT2D eigenvalue weighted by atomic mass is 35.5. The van der Waals surface area contributed by atoms with E-state index in [4.69, 9.17) is 31.2 Å². The van der Waals surface area contributed by atoms with Crippen molar-refractivity contribution in [2.24, 2.45) is 0 Å². The van der Waals surface area contributed by atoms with Crippen LogP contribution in [0.4, 0.5) is 5.95 Å². The topological polar surface area (TPSA) is 78.3 Å². The van der Waals surface area contributed by atoms with Crippen molar-refractivity contribution < 1.29 is 14.3 Å². The molecule has 1 unspecified atom stereocenters. The van der Waals surface area contributed by atoms with Gasteiger partial charge in [0.2, 0.25) is 11.1 Å². The third kappa shape index (κ3) is 6.61. The van der Waals surface area contributed by atoms with Crippen LogP contribution < -0.4 is 10.1 Å². The summed E-state index contributed by atoms with van der Waals surface area (Å²) < 4.78 is 13.9. The number of unbranched alkanes of at least 4 members (excludes halogenated alkanes) is 1. The van der Waals surface area contributed by atoms with Crippen molar-refractivity contribution in [3.63, 3.8) is 0 Å². The average molecular weight is 567 g/mol. The summed E-state index contributed by atoms with van der Waals surface area (Å²) in [5.74, 6) is 1.69. The Hall–Kier alpha value is -2.97. The van der Waals surface area contributed by atoms with Crippen molar-refractivity contribution in [3.8, 4) is 5.75 Å². The molecule has 0 radical (unpaired) electrons. The van der Waals surface area contributed by atoms with Gasteiger partial charge >= 0.3 is 5.97 Å². The normalized spacial score (nSPS) is 17.5. The third-order valence-electron chi connectivity index (χ3n) is 7.13. The molecule has 0 saturated heterocycles. The number of rotatable bonds is 10. The number of allylic oxidation sites excluding steroid dienone is 1. The lowest BCUT2D eigenvalue weighted by atomic mass is 9.94. The molecular formula is C30H35ClN4O3S. The molecule has 1 N–H and O–H groups in total. The number of fused-ring (bicyclic) bond motifs is 1. The number of ether oxygens (including phenoxy) is 2. The van der Waals surface area contributed by atoms with E-state index in [0.29, 0.717) is 29.0 Å². The second kappa shape index (κ2) is 12.9. The van der Waals surface area contributed by atoms with Gasteiger partial charge in [-0.05, 0) is 68.4 Å². The van der Waals surface area contributed by atoms with Crippen molar-refractivity contribution in [2.75, 3.05) is 11.9 Å². The summed E-state index contributed by atoms with van der Waals surface area (Å²) in [6.07, 6.45) is 7.19. The van der Waals surface area contributed by atoms with Gasteiger partial charge < -0.3 is 14.8 Å². The number of thioether (sulfide) groups is 1. The second-order valence-electron chi connectivity index (χ2n) is 10.0. The van der Waals surface area contributed by atoms with E-state index in [9.17, 15) is 4.79 Å². The molecule has 1 fully saturated rings. The Morgan fingerprint density at radius 3 is 2.77 bits per heavy atom. The van der Waals surface area contributed by atoms with Gasteiger partial charge in [-0.2, -0.15) is 4.98 Å². The molecule has 0 bridgehead atoms. The van der Waals surface area contributed by atoms with Gasteiger partial charge in [0.1, 0.15) is 17.9 Å². The molecule has 1 atom stereocenters. The van der Waals surface area contributed by atoms with E-state index in [-0.39, 0.29) is 12.1 Å². The molecule has 1 aliphatic carbocycles. The maximum absolute atomic E-state index is 13.7. The molecule has 206 valence electrons. The highest BCUT2D eigenvalue weighted by Gasteiger charge is 2.36. The number of nitrogens with zero attached hydrogens (tertiary/aromatic N) is 3. The first-order valence-electron chi connectivity index (χ1n) is 13.8. The predicted octanol–water partition coefficient (Wildman–Crippen LogP) is 7.57. The summed E-state index contributed by atoms with van der Waals surface area (Å²) >= 11 is 7.87. The summed E-state index contributed by atoms with van der Waals surface area (Å²) in [5.41, 5.74) is 3.19. The number of aromatic nitrogens is 3. The van der Waals surface area contributed by atoms with Gasteiger partial charge in [0, 0.05) is 16.5 Å². The summed E-state index contributed by atoms with van der Waals surface area (Å²) in [5, 5.41) is 9.49. The molecule has 0 amide bonds. The second-order valence-corrected chi connectivity index (χ2v) is 11.4. The summed E-state index contributed by atoms with van der Waals surface area (Å²) in [6.45, 7) is 4.69. The summed E-state index contributed by atoms with van der Waals surface area (Å²) in [6, 6.07) is 15.2. The average Bonchev–Trinajstić information content (AvgIpc) is 3.35. The van der Waals surface area contributed by atoms with Crippen LogP contribution in [0, 0.1) is 0 Å². The fraction of sp³-hybridized carbons (Fsp3) is 0.433. The summed E-state index contributed by atoms with van der Waals surface area (Å²) in [7, 11) is 0. The fourth-order valence-corrected chi connectivity index (χ4v) is 6.14. The van der Waals surface area contributed by atoms with Gasteiger partial charge in [-0.3, -0.25) is 0 Å². The molecule has 2 heterocycles. The first-order valence-corrected chi connectivity index (χ1v) is 15.1. The minimum absolute atomic E-state index is 0.0465.